The van der Waals surface area contributed by atoms with Gasteiger partial charge in [0.25, 0.3) is 0 Å². The number of rotatable bonds is 6. The summed E-state index contributed by atoms with van der Waals surface area (Å²) in [7, 11) is 1.74. The van der Waals surface area contributed by atoms with E-state index in [1.54, 1.807) is 54.2 Å². The Hall–Kier alpha value is -2.79. The summed E-state index contributed by atoms with van der Waals surface area (Å²) >= 11 is 5.83. The molecule has 25 heavy (non-hydrogen) atoms. The molecule has 0 saturated carbocycles. The third-order valence-electron chi connectivity index (χ3n) is 3.53. The molecule has 3 aromatic rings. The average Bonchev–Trinajstić information content (AvgIpc) is 3.18. The molecule has 1 aromatic carbocycles. The van der Waals surface area contributed by atoms with Crippen molar-refractivity contribution in [1.29, 1.82) is 0 Å². The van der Waals surface area contributed by atoms with Crippen molar-refractivity contribution in [3.63, 3.8) is 0 Å². The minimum absolute atomic E-state index is 0.126. The fourth-order valence-corrected chi connectivity index (χ4v) is 2.46. The Bertz CT molecular complexity index is 907. The first-order valence-corrected chi connectivity index (χ1v) is 8.09. The number of allylic oxidation sites excluding steroid dienone is 1. The zero-order valence-corrected chi connectivity index (χ0v) is 14.7. The van der Waals surface area contributed by atoms with Crippen LogP contribution in [0.3, 0.4) is 0 Å². The molecule has 0 bridgehead atoms. The molecule has 5 nitrogen and oxygen atoms in total. The summed E-state index contributed by atoms with van der Waals surface area (Å²) in [5.41, 5.74) is 1.34. The van der Waals surface area contributed by atoms with Gasteiger partial charge in [-0.15, -0.1) is 0 Å². The number of ketones is 1. The van der Waals surface area contributed by atoms with Crippen LogP contribution in [0.1, 0.15) is 27.7 Å². The zero-order chi connectivity index (χ0) is 17.8. The van der Waals surface area contributed by atoms with Crippen LogP contribution in [0.4, 0.5) is 0 Å². The van der Waals surface area contributed by atoms with Gasteiger partial charge in [0.2, 0.25) is 5.78 Å². The molecule has 0 unspecified atom stereocenters. The van der Waals surface area contributed by atoms with Crippen LogP contribution < -0.4 is 4.74 Å². The van der Waals surface area contributed by atoms with Gasteiger partial charge in [-0.3, -0.25) is 9.48 Å². The van der Waals surface area contributed by atoms with E-state index in [2.05, 4.69) is 5.10 Å². The molecule has 3 rings (SSSR count). The molecule has 0 spiro atoms. The average molecular weight is 357 g/mol. The van der Waals surface area contributed by atoms with Crippen molar-refractivity contribution >= 4 is 23.5 Å². The van der Waals surface area contributed by atoms with E-state index < -0.39 is 0 Å². The van der Waals surface area contributed by atoms with Gasteiger partial charge in [-0.25, -0.2) is 0 Å². The van der Waals surface area contributed by atoms with Gasteiger partial charge < -0.3 is 9.15 Å². The largest absolute Gasteiger partial charge is 0.486 e. The third kappa shape index (κ3) is 4.39. The van der Waals surface area contributed by atoms with Crippen molar-refractivity contribution in [2.24, 2.45) is 7.05 Å². The molecule has 0 atom stereocenters. The molecule has 0 N–H and O–H groups in total. The summed E-state index contributed by atoms with van der Waals surface area (Å²) in [4.78, 5) is 12.2. The summed E-state index contributed by atoms with van der Waals surface area (Å²) in [6.07, 6.45) is 3.11. The highest BCUT2D eigenvalue weighted by molar-refractivity contribution is 6.30. The number of hydrogen-bond donors (Lipinski definition) is 0. The number of carbonyl (C=O) groups excluding carboxylic acids is 1. The van der Waals surface area contributed by atoms with Crippen LogP contribution in [0.25, 0.3) is 6.08 Å². The maximum absolute atomic E-state index is 12.2. The maximum Gasteiger partial charge on any atom is 0.203 e. The molecule has 0 radical (unpaired) electrons. The first kappa shape index (κ1) is 17.0. The summed E-state index contributed by atoms with van der Waals surface area (Å²) in [6.45, 7) is 2.14. The maximum atomic E-state index is 12.2. The number of aromatic nitrogens is 2. The number of furan rings is 1. The summed E-state index contributed by atoms with van der Waals surface area (Å²) in [5, 5.41) is 4.82. The minimum Gasteiger partial charge on any atom is -0.486 e. The summed E-state index contributed by atoms with van der Waals surface area (Å²) in [6, 6.07) is 12.5. The van der Waals surface area contributed by atoms with Crippen LogP contribution in [0.5, 0.6) is 5.75 Å². The number of carbonyl (C=O) groups is 1. The smallest absolute Gasteiger partial charge is 0.203 e. The van der Waals surface area contributed by atoms with E-state index in [9.17, 15) is 4.79 Å². The topological polar surface area (TPSA) is 57.3 Å². The number of hydrogen-bond acceptors (Lipinski definition) is 4. The molecule has 0 fully saturated rings. The Kier molecular flexibility index (Phi) is 5.05. The van der Waals surface area contributed by atoms with Crippen molar-refractivity contribution in [3.05, 3.63) is 76.5 Å². The Morgan fingerprint density at radius 2 is 2.04 bits per heavy atom. The highest BCUT2D eigenvalue weighted by Crippen LogP contribution is 2.18. The van der Waals surface area contributed by atoms with Crippen molar-refractivity contribution < 1.29 is 13.9 Å². The van der Waals surface area contributed by atoms with Crippen LogP contribution in [-0.4, -0.2) is 15.6 Å². The normalized spacial score (nSPS) is 11.2. The van der Waals surface area contributed by atoms with Gasteiger partial charge in [0.05, 0.1) is 5.69 Å². The zero-order valence-electron chi connectivity index (χ0n) is 13.9. The van der Waals surface area contributed by atoms with E-state index in [4.69, 9.17) is 20.8 Å². The predicted molar refractivity (Wildman–Crippen MR) is 95.8 cm³/mol. The van der Waals surface area contributed by atoms with E-state index in [1.807, 2.05) is 13.0 Å². The number of halogens is 1. The number of ether oxygens (including phenoxy) is 1. The minimum atomic E-state index is -0.126. The molecule has 2 heterocycles. The number of benzene rings is 1. The first-order chi connectivity index (χ1) is 12.0. The molecule has 6 heteroatoms. The van der Waals surface area contributed by atoms with Crippen LogP contribution in [-0.2, 0) is 13.7 Å². The Morgan fingerprint density at radius 1 is 1.28 bits per heavy atom. The van der Waals surface area contributed by atoms with Gasteiger partial charge in [0.1, 0.15) is 29.6 Å². The number of aryl methyl sites for hydroxylation is 2. The molecule has 2 aromatic heterocycles. The van der Waals surface area contributed by atoms with Crippen molar-refractivity contribution in [1.82, 2.24) is 9.78 Å². The van der Waals surface area contributed by atoms with Crippen LogP contribution >= 0.6 is 11.6 Å². The van der Waals surface area contributed by atoms with Crippen molar-refractivity contribution in [2.75, 3.05) is 0 Å². The standard InChI is InChI=1S/C19H17ClN2O3/c1-13-11-18(22(2)21-13)19(23)10-9-16-7-8-17(25-16)12-24-15-5-3-14(20)4-6-15/h3-11H,12H2,1-2H3. The summed E-state index contributed by atoms with van der Waals surface area (Å²) < 4.78 is 12.8. The monoisotopic (exact) mass is 356 g/mol. The first-order valence-electron chi connectivity index (χ1n) is 7.71. The van der Waals surface area contributed by atoms with E-state index in [0.717, 1.165) is 5.69 Å². The Morgan fingerprint density at radius 3 is 2.72 bits per heavy atom. The summed E-state index contributed by atoms with van der Waals surface area (Å²) in [5.74, 6) is 1.83. The van der Waals surface area contributed by atoms with E-state index >= 15 is 0 Å². The highest BCUT2D eigenvalue weighted by atomic mass is 35.5. The Balaban J connectivity index is 1.60. The van der Waals surface area contributed by atoms with E-state index in [-0.39, 0.29) is 5.78 Å². The van der Waals surface area contributed by atoms with Gasteiger partial charge >= 0.3 is 0 Å². The van der Waals surface area contributed by atoms with Gasteiger partial charge in [0.15, 0.2) is 0 Å². The Labute approximate surface area is 150 Å². The van der Waals surface area contributed by atoms with Gasteiger partial charge in [-0.2, -0.15) is 5.10 Å². The van der Waals surface area contributed by atoms with Crippen LogP contribution in [0.15, 0.2) is 53.0 Å². The molecule has 128 valence electrons. The lowest BCUT2D eigenvalue weighted by Gasteiger charge is -2.03. The van der Waals surface area contributed by atoms with Crippen molar-refractivity contribution in [3.8, 4) is 5.75 Å². The molecule has 0 aliphatic carbocycles. The molecular weight excluding hydrogens is 340 g/mol. The molecule has 0 saturated heterocycles. The SMILES string of the molecule is Cc1cc(C(=O)C=Cc2ccc(COc3ccc(Cl)cc3)o2)n(C)n1. The fourth-order valence-electron chi connectivity index (χ4n) is 2.33. The number of nitrogens with zero attached hydrogens (tertiary/aromatic N) is 2. The van der Waals surface area contributed by atoms with Gasteiger partial charge in [-0.1, -0.05) is 11.6 Å². The second-order valence-electron chi connectivity index (χ2n) is 5.54. The third-order valence-corrected chi connectivity index (χ3v) is 3.78. The molecule has 0 aliphatic rings. The molecular formula is C19H17ClN2O3. The lowest BCUT2D eigenvalue weighted by molar-refractivity contribution is 0.103. The lowest BCUT2D eigenvalue weighted by atomic mass is 10.2. The van der Waals surface area contributed by atoms with Crippen LogP contribution in [0, 0.1) is 6.92 Å². The fraction of sp³-hybridized carbons (Fsp3) is 0.158. The second kappa shape index (κ2) is 7.40. The van der Waals surface area contributed by atoms with Crippen molar-refractivity contribution in [2.45, 2.75) is 13.5 Å². The molecule has 0 aliphatic heterocycles. The second-order valence-corrected chi connectivity index (χ2v) is 5.98. The van der Waals surface area contributed by atoms with Crippen LogP contribution in [0.2, 0.25) is 5.02 Å². The predicted octanol–water partition coefficient (Wildman–Crippen LogP) is 4.45. The van der Waals surface area contributed by atoms with E-state index in [0.29, 0.717) is 34.6 Å². The molecule has 0 amide bonds. The highest BCUT2D eigenvalue weighted by Gasteiger charge is 2.09. The lowest BCUT2D eigenvalue weighted by Crippen LogP contribution is -2.03. The van der Waals surface area contributed by atoms with E-state index in [1.165, 1.54) is 6.08 Å². The quantitative estimate of drug-likeness (QED) is 0.483. The van der Waals surface area contributed by atoms with Gasteiger partial charge in [-0.05, 0) is 61.5 Å². The van der Waals surface area contributed by atoms with Gasteiger partial charge in [0, 0.05) is 12.1 Å².